The van der Waals surface area contributed by atoms with Crippen molar-refractivity contribution in [3.05, 3.63) is 83.4 Å². The number of nitrogens with zero attached hydrogens (tertiary/aromatic N) is 1. The molecule has 3 aromatic carbocycles. The summed E-state index contributed by atoms with van der Waals surface area (Å²) in [5.41, 5.74) is 5.93. The number of anilines is 2. The van der Waals surface area contributed by atoms with Crippen molar-refractivity contribution in [1.29, 1.82) is 0 Å². The molecule has 0 heterocycles. The highest BCUT2D eigenvalue weighted by atomic mass is 16.5. The molecular weight excluding hydrogens is 448 g/mol. The number of amides is 3. The molecule has 3 N–H and O–H groups in total. The normalized spacial score (nSPS) is 10.5. The van der Waals surface area contributed by atoms with E-state index in [1.165, 1.54) is 13.3 Å². The van der Waals surface area contributed by atoms with Crippen molar-refractivity contribution in [2.24, 2.45) is 5.10 Å². The van der Waals surface area contributed by atoms with E-state index in [2.05, 4.69) is 21.2 Å². The van der Waals surface area contributed by atoms with Crippen LogP contribution in [0.5, 0.6) is 11.5 Å². The zero-order valence-electron chi connectivity index (χ0n) is 19.6. The van der Waals surface area contributed by atoms with Crippen LogP contribution in [0.25, 0.3) is 0 Å². The van der Waals surface area contributed by atoms with Gasteiger partial charge in [-0.25, -0.2) is 5.43 Å². The van der Waals surface area contributed by atoms with Crippen molar-refractivity contribution < 1.29 is 23.9 Å². The smallest absolute Gasteiger partial charge is 0.329 e. The third kappa shape index (κ3) is 7.71. The second-order valence-corrected chi connectivity index (χ2v) is 7.61. The van der Waals surface area contributed by atoms with Crippen LogP contribution in [0.1, 0.15) is 16.7 Å². The summed E-state index contributed by atoms with van der Waals surface area (Å²) in [6.07, 6.45) is 1.36. The number of nitrogens with one attached hydrogen (secondary N) is 3. The molecule has 35 heavy (non-hydrogen) atoms. The Morgan fingerprint density at radius 2 is 1.66 bits per heavy atom. The average molecular weight is 475 g/mol. The molecule has 0 aromatic heterocycles. The van der Waals surface area contributed by atoms with Crippen LogP contribution in [0, 0.1) is 13.8 Å². The maximum Gasteiger partial charge on any atom is 0.329 e. The van der Waals surface area contributed by atoms with Gasteiger partial charge in [-0.3, -0.25) is 14.4 Å². The van der Waals surface area contributed by atoms with Crippen LogP contribution in [-0.4, -0.2) is 37.7 Å². The molecule has 0 aliphatic heterocycles. The molecule has 3 amide bonds. The molecule has 0 aliphatic carbocycles. The van der Waals surface area contributed by atoms with E-state index >= 15 is 0 Å². The first kappa shape index (κ1) is 25.0. The second-order valence-electron chi connectivity index (χ2n) is 7.61. The fourth-order valence-corrected chi connectivity index (χ4v) is 3.00. The minimum atomic E-state index is -0.931. The summed E-state index contributed by atoms with van der Waals surface area (Å²) in [5.74, 6) is -1.09. The molecule has 0 saturated heterocycles. The number of hydrogen-bond acceptors (Lipinski definition) is 6. The summed E-state index contributed by atoms with van der Waals surface area (Å²) < 4.78 is 10.6. The van der Waals surface area contributed by atoms with E-state index in [9.17, 15) is 14.4 Å². The number of ether oxygens (including phenoxy) is 2. The fourth-order valence-electron chi connectivity index (χ4n) is 3.00. The third-order valence-corrected chi connectivity index (χ3v) is 4.81. The van der Waals surface area contributed by atoms with Crippen LogP contribution in [0.4, 0.5) is 11.4 Å². The van der Waals surface area contributed by atoms with Gasteiger partial charge >= 0.3 is 11.8 Å². The summed E-state index contributed by atoms with van der Waals surface area (Å²) in [7, 11) is 1.50. The van der Waals surface area contributed by atoms with Crippen molar-refractivity contribution >= 4 is 35.3 Å². The molecular formula is C26H26N4O5. The number of benzene rings is 3. The Balaban J connectivity index is 1.49. The highest BCUT2D eigenvalue weighted by molar-refractivity contribution is 6.39. The van der Waals surface area contributed by atoms with Gasteiger partial charge in [-0.2, -0.15) is 5.10 Å². The number of hydrazone groups is 1. The van der Waals surface area contributed by atoms with Crippen LogP contribution in [-0.2, 0) is 14.4 Å². The lowest BCUT2D eigenvalue weighted by molar-refractivity contribution is -0.136. The molecule has 0 unspecified atom stereocenters. The van der Waals surface area contributed by atoms with Gasteiger partial charge in [0.2, 0.25) is 0 Å². The first-order valence-corrected chi connectivity index (χ1v) is 10.7. The number of carbonyl (C=O) groups excluding carboxylic acids is 3. The Labute approximate surface area is 203 Å². The van der Waals surface area contributed by atoms with Crippen LogP contribution >= 0.6 is 0 Å². The van der Waals surface area contributed by atoms with Gasteiger partial charge in [0.15, 0.2) is 6.61 Å². The largest absolute Gasteiger partial charge is 0.497 e. The number of hydrogen-bond donors (Lipinski definition) is 3. The number of aryl methyl sites for hydroxylation is 2. The van der Waals surface area contributed by atoms with Gasteiger partial charge < -0.3 is 20.1 Å². The van der Waals surface area contributed by atoms with E-state index in [1.54, 1.807) is 48.5 Å². The molecule has 9 nitrogen and oxygen atoms in total. The number of carbonyl (C=O) groups is 3. The summed E-state index contributed by atoms with van der Waals surface area (Å²) in [4.78, 5) is 36.3. The van der Waals surface area contributed by atoms with Crippen molar-refractivity contribution in [2.45, 2.75) is 13.8 Å². The molecule has 3 rings (SSSR count). The van der Waals surface area contributed by atoms with E-state index < -0.39 is 11.8 Å². The van der Waals surface area contributed by atoms with E-state index in [0.717, 1.165) is 16.8 Å². The zero-order valence-corrected chi connectivity index (χ0v) is 19.6. The van der Waals surface area contributed by atoms with Crippen molar-refractivity contribution in [1.82, 2.24) is 5.43 Å². The zero-order chi connectivity index (χ0) is 25.2. The molecule has 180 valence electrons. The monoisotopic (exact) mass is 474 g/mol. The quantitative estimate of drug-likeness (QED) is 0.263. The molecule has 9 heteroatoms. The van der Waals surface area contributed by atoms with Gasteiger partial charge in [0.1, 0.15) is 11.5 Å². The van der Waals surface area contributed by atoms with Crippen LogP contribution in [0.3, 0.4) is 0 Å². The highest BCUT2D eigenvalue weighted by Gasteiger charge is 2.13. The topological polar surface area (TPSA) is 118 Å². The van der Waals surface area contributed by atoms with Crippen molar-refractivity contribution in [2.75, 3.05) is 24.4 Å². The Morgan fingerprint density at radius 3 is 2.46 bits per heavy atom. The Hall–Kier alpha value is -4.66. The van der Waals surface area contributed by atoms with Gasteiger partial charge in [0.05, 0.1) is 13.3 Å². The fraction of sp³-hybridized carbons (Fsp3) is 0.154. The number of methoxy groups -OCH3 is 1. The van der Waals surface area contributed by atoms with Gasteiger partial charge in [0.25, 0.3) is 5.91 Å². The summed E-state index contributed by atoms with van der Waals surface area (Å²) in [6.45, 7) is 3.70. The molecule has 0 aliphatic rings. The van der Waals surface area contributed by atoms with E-state index in [0.29, 0.717) is 22.7 Å². The summed E-state index contributed by atoms with van der Waals surface area (Å²) in [6, 6.07) is 19.2. The van der Waals surface area contributed by atoms with Crippen LogP contribution in [0.15, 0.2) is 71.8 Å². The summed E-state index contributed by atoms with van der Waals surface area (Å²) >= 11 is 0. The maximum atomic E-state index is 12.3. The lowest BCUT2D eigenvalue weighted by Crippen LogP contribution is -2.32. The highest BCUT2D eigenvalue weighted by Crippen LogP contribution is 2.18. The SMILES string of the molecule is COc1cccc(NC(=O)C(=O)N/N=C\c2cccc(OCC(=O)Nc3cc(C)ccc3C)c2)c1. The van der Waals surface area contributed by atoms with Gasteiger partial charge in [-0.05, 0) is 60.9 Å². The predicted octanol–water partition coefficient (Wildman–Crippen LogP) is 3.42. The Kier molecular flexibility index (Phi) is 8.55. The Bertz CT molecular complexity index is 1260. The average Bonchev–Trinajstić information content (AvgIpc) is 2.85. The lowest BCUT2D eigenvalue weighted by atomic mass is 10.1. The molecule has 0 radical (unpaired) electrons. The molecule has 0 spiro atoms. The van der Waals surface area contributed by atoms with E-state index in [-0.39, 0.29) is 12.5 Å². The van der Waals surface area contributed by atoms with Crippen molar-refractivity contribution in [3.8, 4) is 11.5 Å². The molecule has 0 bridgehead atoms. The van der Waals surface area contributed by atoms with Gasteiger partial charge in [0, 0.05) is 17.4 Å². The molecule has 3 aromatic rings. The predicted molar refractivity (Wildman–Crippen MR) is 134 cm³/mol. The number of rotatable bonds is 8. The van der Waals surface area contributed by atoms with E-state index in [4.69, 9.17) is 9.47 Å². The lowest BCUT2D eigenvalue weighted by Gasteiger charge is -2.10. The first-order chi connectivity index (χ1) is 16.8. The molecule has 0 saturated carbocycles. The molecule has 0 atom stereocenters. The second kappa shape index (κ2) is 12.0. The standard InChI is InChI=1S/C26H26N4O5/c1-17-10-11-18(2)23(12-17)29-24(31)16-35-22-9-4-6-19(13-22)15-27-30-26(33)25(32)28-20-7-5-8-21(14-20)34-3/h4-15H,16H2,1-3H3,(H,28,32)(H,29,31)(H,30,33)/b27-15-. The first-order valence-electron chi connectivity index (χ1n) is 10.7. The third-order valence-electron chi connectivity index (χ3n) is 4.81. The minimum absolute atomic E-state index is 0.171. The van der Waals surface area contributed by atoms with Crippen LogP contribution < -0.4 is 25.5 Å². The Morgan fingerprint density at radius 1 is 0.886 bits per heavy atom. The van der Waals surface area contributed by atoms with E-state index in [1.807, 2.05) is 32.0 Å². The van der Waals surface area contributed by atoms with Crippen molar-refractivity contribution in [3.63, 3.8) is 0 Å². The van der Waals surface area contributed by atoms with Crippen LogP contribution in [0.2, 0.25) is 0 Å². The van der Waals surface area contributed by atoms with Gasteiger partial charge in [-0.15, -0.1) is 0 Å². The minimum Gasteiger partial charge on any atom is -0.497 e. The summed E-state index contributed by atoms with van der Waals surface area (Å²) in [5, 5.41) is 9.10. The molecule has 0 fully saturated rings. The maximum absolute atomic E-state index is 12.3. The van der Waals surface area contributed by atoms with Gasteiger partial charge in [-0.1, -0.05) is 30.3 Å².